The highest BCUT2D eigenvalue weighted by Gasteiger charge is 2.01. The first-order valence-corrected chi connectivity index (χ1v) is 3.88. The van der Waals surface area contributed by atoms with Gasteiger partial charge >= 0.3 is 0 Å². The summed E-state index contributed by atoms with van der Waals surface area (Å²) in [6, 6.07) is 0. The van der Waals surface area contributed by atoms with Gasteiger partial charge in [-0.2, -0.15) is 0 Å². The highest BCUT2D eigenvalue weighted by Crippen LogP contribution is 2.15. The third-order valence-corrected chi connectivity index (χ3v) is 1.89. The lowest BCUT2D eigenvalue weighted by molar-refractivity contribution is 0.606. The molecule has 0 heterocycles. The van der Waals surface area contributed by atoms with Crippen molar-refractivity contribution >= 4 is 0 Å². The molecule has 0 saturated carbocycles. The first kappa shape index (κ1) is 7.55. The van der Waals surface area contributed by atoms with E-state index in [9.17, 15) is 0 Å². The lowest BCUT2D eigenvalue weighted by atomic mass is 10.1. The average Bonchev–Trinajstić information content (AvgIpc) is 2.14. The van der Waals surface area contributed by atoms with Crippen molar-refractivity contribution in [3.8, 4) is 0 Å². The molecule has 0 aliphatic heterocycles. The molecular weight excluding hydrogens is 122 g/mol. The Labute approximate surface area is 62.6 Å². The van der Waals surface area contributed by atoms with E-state index in [0.717, 1.165) is 5.92 Å². The number of hydrogen-bond acceptors (Lipinski definition) is 1. The molecule has 0 saturated heterocycles. The van der Waals surface area contributed by atoms with Gasteiger partial charge in [0, 0.05) is 6.54 Å². The van der Waals surface area contributed by atoms with Crippen molar-refractivity contribution in [2.24, 2.45) is 11.7 Å². The van der Waals surface area contributed by atoms with Crippen LogP contribution in [-0.4, -0.2) is 6.54 Å². The van der Waals surface area contributed by atoms with E-state index in [-0.39, 0.29) is 0 Å². The van der Waals surface area contributed by atoms with E-state index in [4.69, 9.17) is 5.73 Å². The SMILES string of the molecule is CC1CC=CC(CN)=CC1. The Morgan fingerprint density at radius 1 is 1.60 bits per heavy atom. The van der Waals surface area contributed by atoms with Gasteiger partial charge in [0.2, 0.25) is 0 Å². The summed E-state index contributed by atoms with van der Waals surface area (Å²) in [4.78, 5) is 0. The van der Waals surface area contributed by atoms with Gasteiger partial charge < -0.3 is 5.73 Å². The van der Waals surface area contributed by atoms with E-state index >= 15 is 0 Å². The molecule has 1 heteroatoms. The van der Waals surface area contributed by atoms with Crippen LogP contribution in [-0.2, 0) is 0 Å². The standard InChI is InChI=1S/C9H15N/c1-8-3-2-4-9(7-10)6-5-8/h2,4,6,8H,3,5,7,10H2,1H3. The fourth-order valence-electron chi connectivity index (χ4n) is 1.12. The zero-order valence-electron chi connectivity index (χ0n) is 6.51. The normalized spacial score (nSPS) is 25.8. The second-order valence-corrected chi connectivity index (χ2v) is 2.96. The van der Waals surface area contributed by atoms with Crippen LogP contribution in [0.1, 0.15) is 19.8 Å². The zero-order chi connectivity index (χ0) is 7.40. The van der Waals surface area contributed by atoms with E-state index < -0.39 is 0 Å². The highest BCUT2D eigenvalue weighted by molar-refractivity contribution is 5.21. The van der Waals surface area contributed by atoms with Crippen LogP contribution in [0.4, 0.5) is 0 Å². The van der Waals surface area contributed by atoms with Gasteiger partial charge in [-0.25, -0.2) is 0 Å². The molecule has 0 bridgehead atoms. The Morgan fingerprint density at radius 2 is 2.40 bits per heavy atom. The molecule has 0 spiro atoms. The molecule has 0 radical (unpaired) electrons. The average molecular weight is 137 g/mol. The number of nitrogens with two attached hydrogens (primary N) is 1. The molecule has 56 valence electrons. The summed E-state index contributed by atoms with van der Waals surface area (Å²) >= 11 is 0. The smallest absolute Gasteiger partial charge is 0.0174 e. The van der Waals surface area contributed by atoms with E-state index in [0.29, 0.717) is 6.54 Å². The topological polar surface area (TPSA) is 26.0 Å². The molecule has 10 heavy (non-hydrogen) atoms. The molecule has 1 atom stereocenters. The van der Waals surface area contributed by atoms with Crippen LogP contribution in [0, 0.1) is 5.92 Å². The Kier molecular flexibility index (Phi) is 2.69. The molecule has 1 nitrogen and oxygen atoms in total. The maximum atomic E-state index is 5.50. The van der Waals surface area contributed by atoms with Crippen molar-refractivity contribution in [3.63, 3.8) is 0 Å². The maximum Gasteiger partial charge on any atom is 0.0174 e. The van der Waals surface area contributed by atoms with Crippen LogP contribution in [0.3, 0.4) is 0 Å². The number of hydrogen-bond donors (Lipinski definition) is 1. The van der Waals surface area contributed by atoms with Gasteiger partial charge in [0.05, 0.1) is 0 Å². The van der Waals surface area contributed by atoms with E-state index in [2.05, 4.69) is 25.2 Å². The summed E-state index contributed by atoms with van der Waals surface area (Å²) in [7, 11) is 0. The van der Waals surface area contributed by atoms with Gasteiger partial charge in [-0.1, -0.05) is 25.2 Å². The molecule has 0 aromatic carbocycles. The number of allylic oxidation sites excluding steroid dienone is 2. The fourth-order valence-corrected chi connectivity index (χ4v) is 1.12. The Morgan fingerprint density at radius 3 is 3.10 bits per heavy atom. The van der Waals surface area contributed by atoms with Gasteiger partial charge in [-0.05, 0) is 24.3 Å². The molecule has 1 aliphatic rings. The second kappa shape index (κ2) is 3.57. The van der Waals surface area contributed by atoms with E-state index in [1.165, 1.54) is 18.4 Å². The summed E-state index contributed by atoms with van der Waals surface area (Å²) in [5, 5.41) is 0. The minimum Gasteiger partial charge on any atom is -0.327 e. The molecule has 1 rings (SSSR count). The molecule has 0 amide bonds. The third-order valence-electron chi connectivity index (χ3n) is 1.89. The quantitative estimate of drug-likeness (QED) is 0.586. The van der Waals surface area contributed by atoms with E-state index in [1.54, 1.807) is 0 Å². The van der Waals surface area contributed by atoms with E-state index in [1.807, 2.05) is 0 Å². The monoisotopic (exact) mass is 137 g/mol. The summed E-state index contributed by atoms with van der Waals surface area (Å²) in [6.45, 7) is 2.95. The second-order valence-electron chi connectivity index (χ2n) is 2.96. The van der Waals surface area contributed by atoms with Crippen LogP contribution in [0.25, 0.3) is 0 Å². The summed E-state index contributed by atoms with van der Waals surface area (Å²) in [6.07, 6.45) is 8.98. The van der Waals surface area contributed by atoms with Gasteiger partial charge in [-0.3, -0.25) is 0 Å². The Bertz CT molecular complexity index is 156. The molecule has 2 N–H and O–H groups in total. The lowest BCUT2D eigenvalue weighted by Crippen LogP contribution is -2.00. The van der Waals surface area contributed by atoms with Crippen LogP contribution < -0.4 is 5.73 Å². The van der Waals surface area contributed by atoms with Crippen molar-refractivity contribution in [2.75, 3.05) is 6.54 Å². The lowest BCUT2D eigenvalue weighted by Gasteiger charge is -2.00. The fraction of sp³-hybridized carbons (Fsp3) is 0.556. The van der Waals surface area contributed by atoms with Crippen molar-refractivity contribution in [1.82, 2.24) is 0 Å². The largest absolute Gasteiger partial charge is 0.327 e. The minimum absolute atomic E-state index is 0.684. The minimum atomic E-state index is 0.684. The first-order valence-electron chi connectivity index (χ1n) is 3.88. The summed E-state index contributed by atoms with van der Waals surface area (Å²) in [5.41, 5.74) is 6.78. The number of rotatable bonds is 1. The molecule has 0 aromatic rings. The summed E-state index contributed by atoms with van der Waals surface area (Å²) < 4.78 is 0. The molecule has 0 fully saturated rings. The van der Waals surface area contributed by atoms with Gasteiger partial charge in [0.1, 0.15) is 0 Å². The van der Waals surface area contributed by atoms with Gasteiger partial charge in [0.15, 0.2) is 0 Å². The van der Waals surface area contributed by atoms with Crippen LogP contribution in [0.5, 0.6) is 0 Å². The van der Waals surface area contributed by atoms with Crippen molar-refractivity contribution in [2.45, 2.75) is 19.8 Å². The van der Waals surface area contributed by atoms with Crippen molar-refractivity contribution in [1.29, 1.82) is 0 Å². The van der Waals surface area contributed by atoms with Crippen molar-refractivity contribution in [3.05, 3.63) is 23.8 Å². The first-order chi connectivity index (χ1) is 4.83. The van der Waals surface area contributed by atoms with Crippen LogP contribution >= 0.6 is 0 Å². The van der Waals surface area contributed by atoms with Gasteiger partial charge in [-0.15, -0.1) is 0 Å². The van der Waals surface area contributed by atoms with Crippen molar-refractivity contribution < 1.29 is 0 Å². The summed E-state index contributed by atoms with van der Waals surface area (Å²) in [5.74, 6) is 0.792. The molecule has 1 aliphatic carbocycles. The Hall–Kier alpha value is -0.560. The molecular formula is C9H15N. The third kappa shape index (κ3) is 1.99. The van der Waals surface area contributed by atoms with Gasteiger partial charge in [0.25, 0.3) is 0 Å². The molecule has 0 aromatic heterocycles. The van der Waals surface area contributed by atoms with Crippen LogP contribution in [0.2, 0.25) is 0 Å². The maximum absolute atomic E-state index is 5.50. The predicted molar refractivity (Wildman–Crippen MR) is 44.7 cm³/mol. The Balaban J connectivity index is 2.57. The highest BCUT2D eigenvalue weighted by atomic mass is 14.5. The predicted octanol–water partition coefficient (Wildman–Crippen LogP) is 1.86. The zero-order valence-corrected chi connectivity index (χ0v) is 6.51. The molecule has 1 unspecified atom stereocenters. The van der Waals surface area contributed by atoms with Crippen LogP contribution in [0.15, 0.2) is 23.8 Å².